The third-order valence-electron chi connectivity index (χ3n) is 5.15. The molecule has 190 valence electrons. The summed E-state index contributed by atoms with van der Waals surface area (Å²) in [5, 5.41) is 26.3. The quantitative estimate of drug-likeness (QED) is 0.131. The van der Waals surface area contributed by atoms with Gasteiger partial charge in [0.25, 0.3) is 0 Å². The molecule has 12 nitrogen and oxygen atoms in total. The van der Waals surface area contributed by atoms with Gasteiger partial charge in [-0.25, -0.2) is 4.79 Å². The number of primary amides is 1. The van der Waals surface area contributed by atoms with Gasteiger partial charge < -0.3 is 37.6 Å². The van der Waals surface area contributed by atoms with E-state index in [2.05, 4.69) is 16.0 Å². The van der Waals surface area contributed by atoms with Gasteiger partial charge in [0.2, 0.25) is 23.6 Å². The Bertz CT molecular complexity index is 692. The van der Waals surface area contributed by atoms with E-state index in [4.69, 9.17) is 11.5 Å². The number of carboxylic acid groups (broad SMARTS) is 1. The molecule has 0 aromatic carbocycles. The van der Waals surface area contributed by atoms with Crippen LogP contribution in [-0.4, -0.2) is 82.1 Å². The number of nitrogens with two attached hydrogens (primary N) is 2. The van der Waals surface area contributed by atoms with Gasteiger partial charge in [0.15, 0.2) is 0 Å². The van der Waals surface area contributed by atoms with E-state index in [0.717, 1.165) is 0 Å². The van der Waals surface area contributed by atoms with Crippen LogP contribution in [-0.2, 0) is 24.0 Å². The van der Waals surface area contributed by atoms with Crippen molar-refractivity contribution in [2.24, 2.45) is 17.4 Å². The highest BCUT2D eigenvalue weighted by atomic mass is 32.2. The molecule has 9 N–H and O–H groups in total. The lowest BCUT2D eigenvalue weighted by molar-refractivity contribution is -0.142. The third kappa shape index (κ3) is 11.3. The van der Waals surface area contributed by atoms with E-state index in [1.807, 2.05) is 13.2 Å². The van der Waals surface area contributed by atoms with Crippen molar-refractivity contribution in [1.29, 1.82) is 0 Å². The second kappa shape index (κ2) is 15.5. The van der Waals surface area contributed by atoms with Gasteiger partial charge in [-0.3, -0.25) is 19.2 Å². The topological polar surface area (TPSA) is 214 Å². The monoisotopic (exact) mass is 491 g/mol. The van der Waals surface area contributed by atoms with Crippen molar-refractivity contribution in [3.05, 3.63) is 0 Å². The Hall–Kier alpha value is -2.38. The van der Waals surface area contributed by atoms with Crippen molar-refractivity contribution in [2.45, 2.75) is 76.7 Å². The number of nitrogens with one attached hydrogen (secondary N) is 3. The van der Waals surface area contributed by atoms with Crippen LogP contribution in [0.3, 0.4) is 0 Å². The molecule has 0 aromatic rings. The second-order valence-corrected chi connectivity index (χ2v) is 8.87. The molecule has 0 heterocycles. The highest BCUT2D eigenvalue weighted by Crippen LogP contribution is 2.11. The summed E-state index contributed by atoms with van der Waals surface area (Å²) in [7, 11) is 0. The molecule has 13 heteroatoms. The first-order valence-electron chi connectivity index (χ1n) is 10.7. The third-order valence-corrected chi connectivity index (χ3v) is 5.80. The molecule has 6 atom stereocenters. The predicted octanol–water partition coefficient (Wildman–Crippen LogP) is -1.70. The maximum Gasteiger partial charge on any atom is 0.326 e. The molecule has 0 rings (SSSR count). The molecule has 0 aliphatic carbocycles. The van der Waals surface area contributed by atoms with Crippen LogP contribution in [0, 0.1) is 5.92 Å². The van der Waals surface area contributed by atoms with Crippen molar-refractivity contribution >= 4 is 41.4 Å². The summed E-state index contributed by atoms with van der Waals surface area (Å²) in [6, 6.07) is -4.69. The zero-order valence-corrected chi connectivity index (χ0v) is 20.3. The van der Waals surface area contributed by atoms with Crippen LogP contribution in [0.15, 0.2) is 0 Å². The molecule has 0 saturated carbocycles. The van der Waals surface area contributed by atoms with Crippen molar-refractivity contribution in [3.63, 3.8) is 0 Å². The average molecular weight is 492 g/mol. The van der Waals surface area contributed by atoms with Gasteiger partial charge >= 0.3 is 5.97 Å². The van der Waals surface area contributed by atoms with Gasteiger partial charge in [0, 0.05) is 6.42 Å². The van der Waals surface area contributed by atoms with Crippen LogP contribution in [0.4, 0.5) is 0 Å². The van der Waals surface area contributed by atoms with Gasteiger partial charge in [-0.1, -0.05) is 20.3 Å². The molecule has 4 amide bonds. The highest BCUT2D eigenvalue weighted by Gasteiger charge is 2.33. The number of carboxylic acids is 1. The van der Waals surface area contributed by atoms with E-state index in [1.54, 1.807) is 6.92 Å². The minimum atomic E-state index is -1.35. The minimum Gasteiger partial charge on any atom is -0.480 e. The fourth-order valence-corrected chi connectivity index (χ4v) is 3.22. The summed E-state index contributed by atoms with van der Waals surface area (Å²) in [5.74, 6) is -3.95. The molecule has 0 aromatic heterocycles. The maximum absolute atomic E-state index is 13.0. The Labute approximate surface area is 198 Å². The first-order chi connectivity index (χ1) is 15.3. The van der Waals surface area contributed by atoms with Gasteiger partial charge in [-0.2, -0.15) is 11.8 Å². The number of hydrogen-bond donors (Lipinski definition) is 7. The number of hydrogen-bond acceptors (Lipinski definition) is 8. The van der Waals surface area contributed by atoms with E-state index in [0.29, 0.717) is 12.2 Å². The Morgan fingerprint density at radius 1 is 0.939 bits per heavy atom. The molecule has 0 saturated heterocycles. The summed E-state index contributed by atoms with van der Waals surface area (Å²) in [6.07, 6.45) is 0.989. The predicted molar refractivity (Wildman–Crippen MR) is 124 cm³/mol. The van der Waals surface area contributed by atoms with E-state index < -0.39 is 59.9 Å². The Kier molecular flexibility index (Phi) is 14.3. The number of thioether (sulfide) groups is 1. The summed E-state index contributed by atoms with van der Waals surface area (Å²) >= 11 is 1.43. The number of aliphatic hydroxyl groups is 1. The molecular formula is C20H37N5O7S. The molecule has 6 unspecified atom stereocenters. The Balaban J connectivity index is 5.52. The van der Waals surface area contributed by atoms with Crippen LogP contribution in [0.25, 0.3) is 0 Å². The standard InChI is InChI=1S/C20H37N5O7S/c1-5-10(2)16(25-18(29)15(22)11(3)26)19(30)23-12(8-9-33-4)17(28)24-13(20(31)32)6-7-14(21)27/h10-13,15-16,26H,5-9,22H2,1-4H3,(H2,21,27)(H,23,30)(H,24,28)(H,25,29)(H,31,32). The number of aliphatic carboxylic acids is 1. The fourth-order valence-electron chi connectivity index (χ4n) is 2.75. The summed E-state index contributed by atoms with van der Waals surface area (Å²) < 4.78 is 0. The fraction of sp³-hybridized carbons (Fsp3) is 0.750. The largest absolute Gasteiger partial charge is 0.480 e. The van der Waals surface area contributed by atoms with Crippen molar-refractivity contribution < 1.29 is 34.2 Å². The first-order valence-corrected chi connectivity index (χ1v) is 12.1. The number of rotatable bonds is 16. The van der Waals surface area contributed by atoms with E-state index >= 15 is 0 Å². The number of carbonyl (C=O) groups excluding carboxylic acids is 4. The summed E-state index contributed by atoms with van der Waals surface area (Å²) in [4.78, 5) is 60.5. The maximum atomic E-state index is 13.0. The Morgan fingerprint density at radius 2 is 1.52 bits per heavy atom. The van der Waals surface area contributed by atoms with Gasteiger partial charge in [0.1, 0.15) is 24.2 Å². The van der Waals surface area contributed by atoms with Crippen LogP contribution >= 0.6 is 11.8 Å². The van der Waals surface area contributed by atoms with Gasteiger partial charge in [-0.05, 0) is 37.7 Å². The lowest BCUT2D eigenvalue weighted by atomic mass is 9.97. The van der Waals surface area contributed by atoms with Gasteiger partial charge in [0.05, 0.1) is 6.10 Å². The normalized spacial score (nSPS) is 16.4. The zero-order chi connectivity index (χ0) is 25.7. The molecule has 0 fully saturated rings. The van der Waals surface area contributed by atoms with Crippen molar-refractivity contribution in [3.8, 4) is 0 Å². The Morgan fingerprint density at radius 3 is 1.97 bits per heavy atom. The summed E-state index contributed by atoms with van der Waals surface area (Å²) in [5.41, 5.74) is 10.7. The second-order valence-electron chi connectivity index (χ2n) is 7.89. The van der Waals surface area contributed by atoms with Crippen molar-refractivity contribution in [1.82, 2.24) is 16.0 Å². The van der Waals surface area contributed by atoms with Crippen LogP contribution in [0.5, 0.6) is 0 Å². The van der Waals surface area contributed by atoms with Gasteiger partial charge in [-0.15, -0.1) is 0 Å². The number of aliphatic hydroxyl groups excluding tert-OH is 1. The van der Waals surface area contributed by atoms with Crippen LogP contribution in [0.2, 0.25) is 0 Å². The lowest BCUT2D eigenvalue weighted by Gasteiger charge is -2.28. The van der Waals surface area contributed by atoms with Crippen LogP contribution < -0.4 is 27.4 Å². The molecule has 0 aliphatic heterocycles. The van der Waals surface area contributed by atoms with E-state index in [9.17, 15) is 34.2 Å². The van der Waals surface area contributed by atoms with E-state index in [-0.39, 0.29) is 25.2 Å². The molecule has 0 spiro atoms. The molecule has 33 heavy (non-hydrogen) atoms. The van der Waals surface area contributed by atoms with E-state index in [1.165, 1.54) is 18.7 Å². The van der Waals surface area contributed by atoms with Crippen molar-refractivity contribution in [2.75, 3.05) is 12.0 Å². The number of carbonyl (C=O) groups is 5. The number of amides is 4. The smallest absolute Gasteiger partial charge is 0.326 e. The molecular weight excluding hydrogens is 454 g/mol. The minimum absolute atomic E-state index is 0.192. The molecule has 0 radical (unpaired) electrons. The molecule has 0 bridgehead atoms. The summed E-state index contributed by atoms with van der Waals surface area (Å²) in [6.45, 7) is 4.90. The molecule has 0 aliphatic rings. The lowest BCUT2D eigenvalue weighted by Crippen LogP contribution is -2.59. The highest BCUT2D eigenvalue weighted by molar-refractivity contribution is 7.98. The first kappa shape index (κ1) is 30.6. The average Bonchev–Trinajstić information content (AvgIpc) is 2.75. The SMILES string of the molecule is CCC(C)C(NC(=O)C(N)C(C)O)C(=O)NC(CCSC)C(=O)NC(CCC(N)=O)C(=O)O. The zero-order valence-electron chi connectivity index (χ0n) is 19.5. The van der Waals surface area contributed by atoms with Crippen LogP contribution in [0.1, 0.15) is 46.5 Å².